The minimum atomic E-state index is -0.920. The van der Waals surface area contributed by atoms with E-state index in [0.29, 0.717) is 0 Å². The van der Waals surface area contributed by atoms with E-state index in [1.54, 1.807) is 11.8 Å². The van der Waals surface area contributed by atoms with Gasteiger partial charge in [-0.25, -0.2) is 0 Å². The van der Waals surface area contributed by atoms with E-state index < -0.39 is 10.3 Å². The van der Waals surface area contributed by atoms with Crippen molar-refractivity contribution in [2.75, 3.05) is 0 Å². The standard InChI is InChI=1S/C37H29NOS/c1-27-22-24-32(25-23-27)37-36(30-18-10-4-11-19-30,31-20-12-5-13-21-31)35(39)38(37)33(28-14-6-2-7-15-28)26-34(40-37)29-16-8-3-9-17-29/h2-26,33H,1H3. The Balaban J connectivity index is 1.59. The van der Waals surface area contributed by atoms with Crippen LogP contribution in [0.2, 0.25) is 0 Å². The summed E-state index contributed by atoms with van der Waals surface area (Å²) in [6, 6.07) is 50.3. The molecule has 1 amide bonds. The van der Waals surface area contributed by atoms with Crippen LogP contribution in [0.1, 0.15) is 39.4 Å². The van der Waals surface area contributed by atoms with Gasteiger partial charge in [0, 0.05) is 4.91 Å². The smallest absolute Gasteiger partial charge is 0.243 e. The average molecular weight is 536 g/mol. The lowest BCUT2D eigenvalue weighted by Gasteiger charge is -2.68. The van der Waals surface area contributed by atoms with Crippen LogP contribution in [0.4, 0.5) is 0 Å². The van der Waals surface area contributed by atoms with Crippen LogP contribution in [0, 0.1) is 6.92 Å². The van der Waals surface area contributed by atoms with Gasteiger partial charge >= 0.3 is 0 Å². The Morgan fingerprint density at radius 1 is 0.600 bits per heavy atom. The number of rotatable bonds is 5. The molecule has 0 spiro atoms. The highest BCUT2D eigenvalue weighted by atomic mass is 32.2. The summed E-state index contributed by atoms with van der Waals surface area (Å²) in [5.74, 6) is 0.121. The fourth-order valence-corrected chi connectivity index (χ4v) is 8.28. The molecule has 0 radical (unpaired) electrons. The van der Waals surface area contributed by atoms with Crippen LogP contribution in [0.5, 0.6) is 0 Å². The highest BCUT2D eigenvalue weighted by Gasteiger charge is 2.76. The highest BCUT2D eigenvalue weighted by molar-refractivity contribution is 8.09. The van der Waals surface area contributed by atoms with Crippen molar-refractivity contribution in [1.29, 1.82) is 0 Å². The lowest BCUT2D eigenvalue weighted by Crippen LogP contribution is -2.78. The van der Waals surface area contributed by atoms with Gasteiger partial charge in [-0.15, -0.1) is 0 Å². The Hall–Kier alpha value is -4.34. The maximum atomic E-state index is 15.1. The molecule has 2 aliphatic rings. The highest BCUT2D eigenvalue weighted by Crippen LogP contribution is 2.71. The zero-order valence-corrected chi connectivity index (χ0v) is 23.1. The largest absolute Gasteiger partial charge is 0.310 e. The summed E-state index contributed by atoms with van der Waals surface area (Å²) in [5, 5.41) is 0. The minimum Gasteiger partial charge on any atom is -0.310 e. The third kappa shape index (κ3) is 3.47. The van der Waals surface area contributed by atoms with E-state index in [1.165, 1.54) is 10.5 Å². The molecule has 3 heteroatoms. The Morgan fingerprint density at radius 3 is 1.65 bits per heavy atom. The molecule has 1 fully saturated rings. The number of aryl methyl sites for hydroxylation is 1. The Labute approximate surface area is 240 Å². The van der Waals surface area contributed by atoms with Crippen LogP contribution in [0.3, 0.4) is 0 Å². The van der Waals surface area contributed by atoms with E-state index in [0.717, 1.165) is 27.8 Å². The molecule has 0 bridgehead atoms. The first-order valence-corrected chi connectivity index (χ1v) is 14.5. The number of hydrogen-bond acceptors (Lipinski definition) is 2. The normalized spacial score (nSPS) is 21.2. The Kier molecular flexibility index (Phi) is 5.98. The van der Waals surface area contributed by atoms with E-state index >= 15 is 4.79 Å². The third-order valence-electron chi connectivity index (χ3n) is 8.29. The minimum absolute atomic E-state index is 0.121. The second-order valence-corrected chi connectivity index (χ2v) is 11.8. The number of benzene rings is 5. The predicted molar refractivity (Wildman–Crippen MR) is 165 cm³/mol. The molecule has 0 aromatic heterocycles. The molecular formula is C37H29NOS. The maximum absolute atomic E-state index is 15.1. The van der Waals surface area contributed by atoms with Gasteiger partial charge in [-0.1, -0.05) is 163 Å². The quantitative estimate of drug-likeness (QED) is 0.210. The number of thioether (sulfide) groups is 1. The monoisotopic (exact) mass is 535 g/mol. The molecule has 0 N–H and O–H groups in total. The zero-order valence-electron chi connectivity index (χ0n) is 22.3. The van der Waals surface area contributed by atoms with E-state index in [4.69, 9.17) is 0 Å². The molecule has 5 aromatic carbocycles. The second kappa shape index (κ2) is 9.69. The van der Waals surface area contributed by atoms with Crippen molar-refractivity contribution in [3.63, 3.8) is 0 Å². The molecule has 2 heterocycles. The van der Waals surface area contributed by atoms with Gasteiger partial charge in [-0.2, -0.15) is 0 Å². The van der Waals surface area contributed by atoms with Gasteiger partial charge in [0.2, 0.25) is 5.91 Å². The molecule has 194 valence electrons. The van der Waals surface area contributed by atoms with Crippen LogP contribution in [-0.2, 0) is 15.1 Å². The van der Waals surface area contributed by atoms with Gasteiger partial charge in [-0.3, -0.25) is 4.79 Å². The first-order chi connectivity index (χ1) is 19.7. The summed E-state index contributed by atoms with van der Waals surface area (Å²) in [4.78, 5) is 17.7. The number of hydrogen-bond donors (Lipinski definition) is 0. The van der Waals surface area contributed by atoms with Gasteiger partial charge in [-0.05, 0) is 40.8 Å². The molecule has 0 aliphatic carbocycles. The summed E-state index contributed by atoms with van der Waals surface area (Å²) >= 11 is 1.81. The molecule has 2 unspecified atom stereocenters. The van der Waals surface area contributed by atoms with Crippen LogP contribution < -0.4 is 0 Å². The summed E-state index contributed by atoms with van der Waals surface area (Å²) in [6.45, 7) is 2.11. The Morgan fingerprint density at radius 2 is 1.10 bits per heavy atom. The molecule has 5 aromatic rings. The first-order valence-electron chi connectivity index (χ1n) is 13.7. The van der Waals surface area contributed by atoms with E-state index in [1.807, 2.05) is 18.2 Å². The molecule has 7 rings (SSSR count). The van der Waals surface area contributed by atoms with Gasteiger partial charge in [0.25, 0.3) is 0 Å². The van der Waals surface area contributed by atoms with Crippen LogP contribution in [-0.4, -0.2) is 10.8 Å². The fourth-order valence-electron chi connectivity index (χ4n) is 6.48. The lowest BCUT2D eigenvalue weighted by atomic mass is 9.58. The lowest BCUT2D eigenvalue weighted by molar-refractivity contribution is -0.166. The molecule has 2 aliphatic heterocycles. The van der Waals surface area contributed by atoms with Gasteiger partial charge < -0.3 is 4.90 Å². The van der Waals surface area contributed by atoms with E-state index in [9.17, 15) is 0 Å². The van der Waals surface area contributed by atoms with Crippen molar-refractivity contribution >= 4 is 22.6 Å². The predicted octanol–water partition coefficient (Wildman–Crippen LogP) is 8.51. The number of fused-ring (bicyclic) bond motifs is 1. The summed E-state index contributed by atoms with van der Waals surface area (Å²) in [7, 11) is 0. The SMILES string of the molecule is Cc1ccc(C23SC(c4ccccc4)=CC(c4ccccc4)N2C(=O)C3(c2ccccc2)c2ccccc2)cc1. The summed E-state index contributed by atoms with van der Waals surface area (Å²) in [6.07, 6.45) is 2.28. The number of carbonyl (C=O) groups is 1. The topological polar surface area (TPSA) is 20.3 Å². The summed E-state index contributed by atoms with van der Waals surface area (Å²) < 4.78 is 0. The summed E-state index contributed by atoms with van der Waals surface area (Å²) in [5.41, 5.74) is 5.69. The van der Waals surface area contributed by atoms with Crippen molar-refractivity contribution in [1.82, 2.24) is 4.90 Å². The van der Waals surface area contributed by atoms with Crippen LogP contribution in [0.15, 0.2) is 152 Å². The van der Waals surface area contributed by atoms with Crippen molar-refractivity contribution in [3.8, 4) is 0 Å². The molecule has 0 saturated carbocycles. The number of carbonyl (C=O) groups excluding carboxylic acids is 1. The van der Waals surface area contributed by atoms with Crippen LogP contribution >= 0.6 is 11.8 Å². The molecule has 2 atom stereocenters. The second-order valence-electron chi connectivity index (χ2n) is 10.5. The number of nitrogens with zero attached hydrogens (tertiary/aromatic N) is 1. The third-order valence-corrected chi connectivity index (χ3v) is 9.91. The van der Waals surface area contributed by atoms with Crippen molar-refractivity contribution in [2.24, 2.45) is 0 Å². The van der Waals surface area contributed by atoms with E-state index in [2.05, 4.69) is 145 Å². The van der Waals surface area contributed by atoms with Crippen LogP contribution in [0.25, 0.3) is 4.91 Å². The van der Waals surface area contributed by atoms with Gasteiger partial charge in [0.1, 0.15) is 10.3 Å². The van der Waals surface area contributed by atoms with Gasteiger partial charge in [0.15, 0.2) is 0 Å². The first kappa shape index (κ1) is 24.7. The van der Waals surface area contributed by atoms with Gasteiger partial charge in [0.05, 0.1) is 6.04 Å². The fraction of sp³-hybridized carbons (Fsp3) is 0.108. The molecule has 40 heavy (non-hydrogen) atoms. The average Bonchev–Trinajstić information content (AvgIpc) is 3.02. The molecular weight excluding hydrogens is 506 g/mol. The molecule has 2 nitrogen and oxygen atoms in total. The zero-order chi connectivity index (χ0) is 27.2. The number of β-lactam (4-membered cyclic amide) rings is 1. The number of amides is 1. The molecule has 1 saturated heterocycles. The van der Waals surface area contributed by atoms with E-state index in [-0.39, 0.29) is 11.9 Å². The van der Waals surface area contributed by atoms with Crippen molar-refractivity contribution in [3.05, 3.63) is 185 Å². The van der Waals surface area contributed by atoms with Crippen molar-refractivity contribution < 1.29 is 4.79 Å². The van der Waals surface area contributed by atoms with Crippen molar-refractivity contribution in [2.45, 2.75) is 23.3 Å². The Bertz CT molecular complexity index is 1640. The maximum Gasteiger partial charge on any atom is 0.243 e.